The van der Waals surface area contributed by atoms with Crippen LogP contribution in [0.1, 0.15) is 17.3 Å². The molecule has 0 aliphatic carbocycles. The number of rotatable bonds is 3. The lowest BCUT2D eigenvalue weighted by molar-refractivity contribution is -0.125. The summed E-state index contributed by atoms with van der Waals surface area (Å²) in [5.74, 6) is -0.735. The third-order valence-electron chi connectivity index (χ3n) is 2.73. The Labute approximate surface area is 104 Å². The van der Waals surface area contributed by atoms with Crippen molar-refractivity contribution in [1.29, 1.82) is 0 Å². The van der Waals surface area contributed by atoms with Crippen LogP contribution in [-0.2, 0) is 4.79 Å². The number of aromatic carboxylic acids is 1. The van der Waals surface area contributed by atoms with E-state index in [1.165, 1.54) is 17.0 Å². The van der Waals surface area contributed by atoms with E-state index in [2.05, 4.69) is 6.58 Å². The summed E-state index contributed by atoms with van der Waals surface area (Å²) in [6.07, 6.45) is 1.01. The maximum atomic E-state index is 12.0. The molecule has 0 bridgehead atoms. The summed E-state index contributed by atoms with van der Waals surface area (Å²) in [6, 6.07) is 4.46. The number of carboxylic acids is 1. The first-order valence-electron chi connectivity index (χ1n) is 5.51. The Hall–Kier alpha value is -2.30. The monoisotopic (exact) mass is 247 g/mol. The van der Waals surface area contributed by atoms with Crippen LogP contribution in [0.2, 0.25) is 0 Å². The van der Waals surface area contributed by atoms with Crippen LogP contribution in [-0.4, -0.2) is 29.6 Å². The van der Waals surface area contributed by atoms with Crippen molar-refractivity contribution in [3.05, 3.63) is 36.4 Å². The van der Waals surface area contributed by atoms with E-state index in [1.54, 1.807) is 19.1 Å². The fourth-order valence-corrected chi connectivity index (χ4v) is 1.86. The minimum atomic E-state index is -1.04. The van der Waals surface area contributed by atoms with E-state index < -0.39 is 12.1 Å². The van der Waals surface area contributed by atoms with Gasteiger partial charge >= 0.3 is 5.97 Å². The number of hydrogen-bond acceptors (Lipinski definition) is 3. The van der Waals surface area contributed by atoms with Crippen LogP contribution in [0.3, 0.4) is 0 Å². The molecule has 1 N–H and O–H groups in total. The highest BCUT2D eigenvalue weighted by Crippen LogP contribution is 2.34. The Morgan fingerprint density at radius 1 is 1.61 bits per heavy atom. The first-order valence-corrected chi connectivity index (χ1v) is 5.51. The second-order valence-corrected chi connectivity index (χ2v) is 3.99. The molecule has 1 aromatic rings. The van der Waals surface area contributed by atoms with Gasteiger partial charge in [0.1, 0.15) is 5.75 Å². The maximum Gasteiger partial charge on any atom is 0.335 e. The van der Waals surface area contributed by atoms with E-state index in [4.69, 9.17) is 9.84 Å². The topological polar surface area (TPSA) is 66.8 Å². The fraction of sp³-hybridized carbons (Fsp3) is 0.231. The smallest absolute Gasteiger partial charge is 0.335 e. The molecule has 1 aliphatic heterocycles. The SMILES string of the molecule is C=CCN1C(=O)C(C)Oc2ccc(C(=O)O)cc21. The summed E-state index contributed by atoms with van der Waals surface area (Å²) in [4.78, 5) is 24.4. The first kappa shape index (κ1) is 12.2. The highest BCUT2D eigenvalue weighted by atomic mass is 16.5. The van der Waals surface area contributed by atoms with Crippen LogP contribution in [0, 0.1) is 0 Å². The molecule has 1 heterocycles. The van der Waals surface area contributed by atoms with Gasteiger partial charge in [0.15, 0.2) is 6.10 Å². The molecule has 0 saturated heterocycles. The van der Waals surface area contributed by atoms with Crippen molar-refractivity contribution in [3.8, 4) is 5.75 Å². The Morgan fingerprint density at radius 3 is 2.94 bits per heavy atom. The number of nitrogens with zero attached hydrogens (tertiary/aromatic N) is 1. The second kappa shape index (κ2) is 4.52. The average Bonchev–Trinajstić information content (AvgIpc) is 2.34. The van der Waals surface area contributed by atoms with Crippen molar-refractivity contribution < 1.29 is 19.4 Å². The summed E-state index contributed by atoms with van der Waals surface area (Å²) in [5, 5.41) is 8.96. The van der Waals surface area contributed by atoms with Gasteiger partial charge in [0.05, 0.1) is 11.3 Å². The molecule has 1 aromatic carbocycles. The summed E-state index contributed by atoms with van der Waals surface area (Å²) in [5.41, 5.74) is 0.590. The third-order valence-corrected chi connectivity index (χ3v) is 2.73. The summed E-state index contributed by atoms with van der Waals surface area (Å²) in [7, 11) is 0. The third kappa shape index (κ3) is 1.95. The van der Waals surface area contributed by atoms with Crippen LogP contribution in [0.15, 0.2) is 30.9 Å². The lowest BCUT2D eigenvalue weighted by atomic mass is 10.1. The number of carbonyl (C=O) groups excluding carboxylic acids is 1. The molecule has 1 atom stereocenters. The van der Waals surface area contributed by atoms with Crippen LogP contribution >= 0.6 is 0 Å². The zero-order chi connectivity index (χ0) is 13.3. The molecule has 18 heavy (non-hydrogen) atoms. The summed E-state index contributed by atoms with van der Waals surface area (Å²) in [6.45, 7) is 5.57. The Morgan fingerprint density at radius 2 is 2.33 bits per heavy atom. The number of benzene rings is 1. The van der Waals surface area contributed by atoms with E-state index in [1.807, 2.05) is 0 Å². The van der Waals surface area contributed by atoms with Crippen molar-refractivity contribution in [3.63, 3.8) is 0 Å². The zero-order valence-corrected chi connectivity index (χ0v) is 9.92. The minimum absolute atomic E-state index is 0.119. The summed E-state index contributed by atoms with van der Waals surface area (Å²) < 4.78 is 5.44. The largest absolute Gasteiger partial charge is 0.479 e. The number of anilines is 1. The molecule has 2 rings (SSSR count). The number of amides is 1. The van der Waals surface area contributed by atoms with Crippen LogP contribution in [0.4, 0.5) is 5.69 Å². The van der Waals surface area contributed by atoms with Gasteiger partial charge < -0.3 is 14.7 Å². The van der Waals surface area contributed by atoms with Gasteiger partial charge in [-0.15, -0.1) is 6.58 Å². The zero-order valence-electron chi connectivity index (χ0n) is 9.92. The molecule has 5 heteroatoms. The van der Waals surface area contributed by atoms with Crippen molar-refractivity contribution in [2.75, 3.05) is 11.4 Å². The van der Waals surface area contributed by atoms with Gasteiger partial charge in [-0.1, -0.05) is 6.08 Å². The van der Waals surface area contributed by atoms with Crippen molar-refractivity contribution in [1.82, 2.24) is 0 Å². The Bertz CT molecular complexity index is 524. The molecule has 5 nitrogen and oxygen atoms in total. The molecule has 1 amide bonds. The molecule has 1 unspecified atom stereocenters. The highest BCUT2D eigenvalue weighted by molar-refractivity contribution is 6.01. The van der Waals surface area contributed by atoms with Gasteiger partial charge in [0.2, 0.25) is 0 Å². The van der Waals surface area contributed by atoms with Crippen molar-refractivity contribution >= 4 is 17.6 Å². The van der Waals surface area contributed by atoms with Crippen molar-refractivity contribution in [2.45, 2.75) is 13.0 Å². The number of ether oxygens (including phenoxy) is 1. The van der Waals surface area contributed by atoms with Gasteiger partial charge in [-0.3, -0.25) is 4.79 Å². The van der Waals surface area contributed by atoms with E-state index in [-0.39, 0.29) is 11.5 Å². The van der Waals surface area contributed by atoms with Gasteiger partial charge in [0, 0.05) is 6.54 Å². The van der Waals surface area contributed by atoms with Gasteiger partial charge in [-0.05, 0) is 25.1 Å². The lowest BCUT2D eigenvalue weighted by Crippen LogP contribution is -2.44. The fourth-order valence-electron chi connectivity index (χ4n) is 1.86. The highest BCUT2D eigenvalue weighted by Gasteiger charge is 2.31. The second-order valence-electron chi connectivity index (χ2n) is 3.99. The number of hydrogen-bond donors (Lipinski definition) is 1. The molecule has 0 spiro atoms. The predicted molar refractivity (Wildman–Crippen MR) is 66.0 cm³/mol. The Kier molecular flexibility index (Phi) is 3.06. The van der Waals surface area contributed by atoms with E-state index in [9.17, 15) is 9.59 Å². The van der Waals surface area contributed by atoms with Gasteiger partial charge in [-0.25, -0.2) is 4.79 Å². The molecular formula is C13H13NO4. The van der Waals surface area contributed by atoms with Crippen LogP contribution in [0.5, 0.6) is 5.75 Å². The van der Waals surface area contributed by atoms with Crippen LogP contribution < -0.4 is 9.64 Å². The van der Waals surface area contributed by atoms with Gasteiger partial charge in [-0.2, -0.15) is 0 Å². The van der Waals surface area contributed by atoms with Crippen LogP contribution in [0.25, 0.3) is 0 Å². The minimum Gasteiger partial charge on any atom is -0.479 e. The van der Waals surface area contributed by atoms with Gasteiger partial charge in [0.25, 0.3) is 5.91 Å². The molecule has 0 aromatic heterocycles. The number of carboxylic acid groups (broad SMARTS) is 1. The number of carbonyl (C=O) groups is 2. The quantitative estimate of drug-likeness (QED) is 0.825. The van der Waals surface area contributed by atoms with E-state index in [0.717, 1.165) is 0 Å². The molecule has 0 radical (unpaired) electrons. The lowest BCUT2D eigenvalue weighted by Gasteiger charge is -2.32. The predicted octanol–water partition coefficient (Wildman–Crippen LogP) is 1.68. The average molecular weight is 247 g/mol. The van der Waals surface area contributed by atoms with E-state index in [0.29, 0.717) is 18.0 Å². The standard InChI is InChI=1S/C13H13NO4/c1-3-6-14-10-7-9(13(16)17)4-5-11(10)18-8(2)12(14)15/h3-5,7-8H,1,6H2,2H3,(H,16,17). The molecule has 1 aliphatic rings. The maximum absolute atomic E-state index is 12.0. The summed E-state index contributed by atoms with van der Waals surface area (Å²) >= 11 is 0. The molecular weight excluding hydrogens is 234 g/mol. The number of fused-ring (bicyclic) bond motifs is 1. The molecule has 0 fully saturated rings. The first-order chi connectivity index (χ1) is 8.54. The van der Waals surface area contributed by atoms with E-state index >= 15 is 0 Å². The molecule has 0 saturated carbocycles. The normalized spacial score (nSPS) is 17.9. The Balaban J connectivity index is 2.51. The van der Waals surface area contributed by atoms with Crippen molar-refractivity contribution in [2.24, 2.45) is 0 Å². The molecule has 94 valence electrons.